The second kappa shape index (κ2) is 50.4. The van der Waals surface area contributed by atoms with E-state index in [1.807, 2.05) is 83.1 Å². The highest BCUT2D eigenvalue weighted by atomic mass is 19.3. The molecule has 5 saturated carbocycles. The molecule has 13 aliphatic carbocycles. The van der Waals surface area contributed by atoms with Gasteiger partial charge in [-0.2, -0.15) is 8.78 Å². The Balaban J connectivity index is 0.000000155. The topological polar surface area (TPSA) is 61.8 Å². The standard InChI is InChI=1S/5C12H20.C11H12F2O.2C11H12O2.3C8H14/c5*1-9-3-5-12-8-10(2)4-6-11(12)7-9;1-7-3-4-9-6-8(2)11(12,13)14-10(9)5-7;1-7-3-4-9-6-8(2)13-11(12)10(9)5-7;1-7-3-4-9-6-8(2)11(12)13-10(9)5-7;3*1-7-3-5-8(2)6-4-7/h7,10-12H,3-6,8H2,1-2H3;7,9-10,12H,3-6,8H2,1-2H3;5,9-11H,3-4,6-8H2,1-2H3;3,10-12H,4-8H2,1-2H3;3,5,9-12H,4,6-8H2,1-2H3;3-5,8H,6H2,1-2H3;2*3-5,8H,6H2,1-2H3;2*3,8H,4-6H2,1-2H3;3,5,7-8H,4,6H2,1-2H3. The first-order chi connectivity index (χ1) is 59.0. The number of esters is 2. The number of carbonyl (C=O) groups excluding carboxylic acids is 2. The summed E-state index contributed by atoms with van der Waals surface area (Å²) in [5.41, 5.74) is 17.1. The van der Waals surface area contributed by atoms with E-state index >= 15 is 0 Å². The van der Waals surface area contributed by atoms with E-state index in [2.05, 4.69) is 176 Å². The van der Waals surface area contributed by atoms with Crippen LogP contribution in [0.3, 0.4) is 0 Å². The predicted molar refractivity (Wildman–Crippen MR) is 524 cm³/mol. The number of rotatable bonds is 0. The number of hydrogen-bond acceptors (Lipinski definition) is 5. The molecule has 690 valence electrons. The van der Waals surface area contributed by atoms with Gasteiger partial charge in [-0.3, -0.25) is 4.79 Å². The van der Waals surface area contributed by atoms with E-state index in [0.717, 1.165) is 176 Å². The third-order valence-electron chi connectivity index (χ3n) is 31.2. The van der Waals surface area contributed by atoms with Crippen LogP contribution in [0.5, 0.6) is 11.5 Å². The molecule has 19 rings (SSSR count). The summed E-state index contributed by atoms with van der Waals surface area (Å²) in [6, 6.07) is 17.4. The fourth-order valence-electron chi connectivity index (χ4n) is 22.5. The van der Waals surface area contributed by atoms with Crippen molar-refractivity contribution in [2.24, 2.45) is 130 Å². The molecule has 7 heteroatoms. The minimum atomic E-state index is -3.03. The lowest BCUT2D eigenvalue weighted by Crippen LogP contribution is -2.37. The highest BCUT2D eigenvalue weighted by molar-refractivity contribution is 5.92. The van der Waals surface area contributed by atoms with E-state index in [4.69, 9.17) is 9.47 Å². The zero-order chi connectivity index (χ0) is 89.9. The van der Waals surface area contributed by atoms with Crippen LogP contribution in [0.25, 0.3) is 0 Å². The first-order valence-electron chi connectivity index (χ1n) is 51.1. The predicted octanol–water partition coefficient (Wildman–Crippen LogP) is 34.2. The SMILES string of the molecule is CC1=CC2CCC(C)CC2CC1.CC1=CCC(C)CC1.CC1=CCC(C)CC1.CC1=CCC2CC(C)CCC2C1.CC1C=C2CCC(C)CC2CC1.CC1C=CC(C)CC1.CC1C=CC2CC(C)CCC2C1.CC1CCC2CC(C)CC=C2C1.Cc1ccc2c(c1)C(=O)OC(C)C2.Cc1ccc2c(c1)OC(=O)C(C)C2.Cc1ccc2c(c1)OC(F)(F)C(C)C2. The number of cyclic esters (lactones) is 1. The molecule has 0 saturated heterocycles. The quantitative estimate of drug-likeness (QED) is 0.128. The summed E-state index contributed by atoms with van der Waals surface area (Å²) in [5, 5.41) is 0. The van der Waals surface area contributed by atoms with Crippen LogP contribution in [-0.4, -0.2) is 24.2 Å². The number of allylic oxidation sites excluding steroid dienone is 16. The van der Waals surface area contributed by atoms with E-state index in [0.29, 0.717) is 12.2 Å². The van der Waals surface area contributed by atoms with E-state index in [1.165, 1.54) is 212 Å². The van der Waals surface area contributed by atoms with Crippen LogP contribution >= 0.6 is 0 Å². The minimum Gasteiger partial charge on any atom is -0.459 e. The number of benzene rings is 3. The Morgan fingerprint density at radius 1 is 0.347 bits per heavy atom. The van der Waals surface area contributed by atoms with Crippen LogP contribution in [0.1, 0.15) is 381 Å². The molecule has 3 heterocycles. The number of hydrogen-bond donors (Lipinski definition) is 0. The van der Waals surface area contributed by atoms with Crippen LogP contribution in [-0.2, 0) is 28.8 Å². The third-order valence-corrected chi connectivity index (χ3v) is 31.2. The largest absolute Gasteiger partial charge is 0.459 e. The van der Waals surface area contributed by atoms with Gasteiger partial charge in [0.15, 0.2) is 0 Å². The average Bonchev–Trinajstić information content (AvgIpc) is 0.778. The number of alkyl halides is 2. The van der Waals surface area contributed by atoms with Crippen LogP contribution in [0.15, 0.2) is 149 Å². The lowest BCUT2D eigenvalue weighted by Gasteiger charge is -2.37. The van der Waals surface area contributed by atoms with Gasteiger partial charge >= 0.3 is 18.0 Å². The van der Waals surface area contributed by atoms with E-state index in [-0.39, 0.29) is 24.0 Å². The summed E-state index contributed by atoms with van der Waals surface area (Å²) in [4.78, 5) is 22.7. The van der Waals surface area contributed by atoms with Crippen molar-refractivity contribution in [3.8, 4) is 11.5 Å². The maximum absolute atomic E-state index is 13.2. The summed E-state index contributed by atoms with van der Waals surface area (Å²) >= 11 is 0. The molecule has 0 N–H and O–H groups in total. The molecule has 3 aliphatic heterocycles. The Bertz CT molecular complexity index is 4000. The molecule has 16 aliphatic rings. The lowest BCUT2D eigenvalue weighted by molar-refractivity contribution is -0.219. The van der Waals surface area contributed by atoms with E-state index in [1.54, 1.807) is 39.5 Å². The summed E-state index contributed by atoms with van der Waals surface area (Å²) < 4.78 is 41.4. The number of carbonyl (C=O) groups is 2. The summed E-state index contributed by atoms with van der Waals surface area (Å²) in [6.45, 7) is 48.6. The van der Waals surface area contributed by atoms with Gasteiger partial charge in [0, 0.05) is 6.42 Å². The fraction of sp³-hybridized carbons (Fsp3) is 0.692. The zero-order valence-electron chi connectivity index (χ0n) is 82.8. The third kappa shape index (κ3) is 34.2. The maximum atomic E-state index is 13.2. The van der Waals surface area contributed by atoms with E-state index in [9.17, 15) is 18.4 Å². The zero-order valence-corrected chi connectivity index (χ0v) is 82.8. The lowest BCUT2D eigenvalue weighted by atomic mass is 9.68. The first kappa shape index (κ1) is 102. The Labute approximate surface area is 758 Å². The first-order valence-corrected chi connectivity index (χ1v) is 51.1. The average molecular weight is 1700 g/mol. The highest BCUT2D eigenvalue weighted by Crippen LogP contribution is 2.47. The van der Waals surface area contributed by atoms with Crippen molar-refractivity contribution in [2.45, 2.75) is 389 Å². The molecule has 5 fully saturated rings. The van der Waals surface area contributed by atoms with Crippen molar-refractivity contribution in [2.75, 3.05) is 0 Å². The van der Waals surface area contributed by atoms with Gasteiger partial charge in [0.25, 0.3) is 0 Å². The maximum Gasteiger partial charge on any atom is 0.400 e. The van der Waals surface area contributed by atoms with Crippen LogP contribution in [0.2, 0.25) is 0 Å². The van der Waals surface area contributed by atoms with Gasteiger partial charge in [-0.1, -0.05) is 252 Å². The molecule has 0 aromatic heterocycles. The summed E-state index contributed by atoms with van der Waals surface area (Å²) in [6.07, 6.45) is 69.0. The molecule has 0 bridgehead atoms. The van der Waals surface area contributed by atoms with Crippen molar-refractivity contribution in [3.63, 3.8) is 0 Å². The van der Waals surface area contributed by atoms with Gasteiger partial charge < -0.3 is 14.2 Å². The molecule has 5 nitrogen and oxygen atoms in total. The fourth-order valence-corrected chi connectivity index (χ4v) is 22.5. The normalized spacial score (nSPS) is 34.1. The Kier molecular flexibility index (Phi) is 41.4. The molecule has 0 spiro atoms. The number of halogens is 2. The summed E-state index contributed by atoms with van der Waals surface area (Å²) in [5.74, 6) is 19.2. The molecule has 23 unspecified atom stereocenters. The second-order valence-electron chi connectivity index (χ2n) is 44.4. The molecule has 3 aromatic carbocycles. The Morgan fingerprint density at radius 3 is 1.49 bits per heavy atom. The smallest absolute Gasteiger partial charge is 0.400 e. The van der Waals surface area contributed by atoms with Crippen molar-refractivity contribution in [1.29, 1.82) is 0 Å². The number of ether oxygens (including phenoxy) is 3. The Morgan fingerprint density at radius 2 is 0.855 bits per heavy atom. The highest BCUT2D eigenvalue weighted by Gasteiger charge is 2.44. The van der Waals surface area contributed by atoms with Gasteiger partial charge in [-0.25, -0.2) is 4.79 Å². The van der Waals surface area contributed by atoms with Crippen molar-refractivity contribution < 1.29 is 32.6 Å². The van der Waals surface area contributed by atoms with Gasteiger partial charge in [-0.15, -0.1) is 0 Å². The monoisotopic (exact) mass is 1700 g/mol. The van der Waals surface area contributed by atoms with Crippen LogP contribution in [0, 0.1) is 151 Å². The summed E-state index contributed by atoms with van der Waals surface area (Å²) in [7, 11) is 0. The van der Waals surface area contributed by atoms with Gasteiger partial charge in [0.1, 0.15) is 17.6 Å². The molecular weight excluding hydrogens is 1520 g/mol. The van der Waals surface area contributed by atoms with E-state index < -0.39 is 12.0 Å². The molecule has 124 heavy (non-hydrogen) atoms. The van der Waals surface area contributed by atoms with Crippen molar-refractivity contribution in [1.82, 2.24) is 0 Å². The molecule has 23 atom stereocenters. The van der Waals surface area contributed by atoms with Crippen molar-refractivity contribution >= 4 is 11.9 Å². The second-order valence-corrected chi connectivity index (χ2v) is 44.4. The van der Waals surface area contributed by atoms with Gasteiger partial charge in [0.05, 0.1) is 17.4 Å². The van der Waals surface area contributed by atoms with Crippen LogP contribution in [0.4, 0.5) is 8.78 Å². The van der Waals surface area contributed by atoms with Gasteiger partial charge in [-0.05, 0) is 419 Å². The molecule has 0 amide bonds. The number of fused-ring (bicyclic) bond motifs is 8. The minimum absolute atomic E-state index is 0.00444. The number of aryl methyl sites for hydroxylation is 3. The van der Waals surface area contributed by atoms with Crippen molar-refractivity contribution in [3.05, 3.63) is 188 Å². The molecular formula is C117H178F2O5. The molecule has 3 aromatic rings. The van der Waals surface area contributed by atoms with Crippen LogP contribution < -0.4 is 9.47 Å². The Hall–Kier alpha value is -5.82. The van der Waals surface area contributed by atoms with Gasteiger partial charge in [0.2, 0.25) is 0 Å². The molecule has 0 radical (unpaired) electrons.